The van der Waals surface area contributed by atoms with E-state index in [4.69, 9.17) is 21.1 Å². The van der Waals surface area contributed by atoms with E-state index >= 15 is 0 Å². The molecule has 2 aromatic rings. The number of carbonyl (C=O) groups excluding carboxylic acids is 1. The van der Waals surface area contributed by atoms with E-state index in [1.54, 1.807) is 25.1 Å². The standard InChI is InChI=1S/C17H16ClNO6S/c1-10(11-4-6-14-15(7-11)25-9-24-14)19-26(21,22)16-8-12(17(20)23-2)3-5-13(16)18/h3-8,10,19H,9H2,1-2H3. The van der Waals surface area contributed by atoms with Crippen LogP contribution in [0.25, 0.3) is 0 Å². The second-order valence-electron chi connectivity index (χ2n) is 5.59. The molecule has 2 aromatic carbocycles. The summed E-state index contributed by atoms with van der Waals surface area (Å²) in [6, 6.07) is 8.53. The number of hydrogen-bond acceptors (Lipinski definition) is 6. The third-order valence-corrected chi connectivity index (χ3v) is 5.89. The lowest BCUT2D eigenvalue weighted by Gasteiger charge is -2.16. The monoisotopic (exact) mass is 397 g/mol. The van der Waals surface area contributed by atoms with Gasteiger partial charge in [-0.3, -0.25) is 0 Å². The lowest BCUT2D eigenvalue weighted by molar-refractivity contribution is 0.0600. The molecular weight excluding hydrogens is 382 g/mol. The van der Waals surface area contributed by atoms with Crippen LogP contribution in [0.4, 0.5) is 0 Å². The van der Waals surface area contributed by atoms with Crippen LogP contribution < -0.4 is 14.2 Å². The summed E-state index contributed by atoms with van der Waals surface area (Å²) in [7, 11) is -2.77. The molecule has 1 aliphatic heterocycles. The molecule has 0 amide bonds. The van der Waals surface area contributed by atoms with E-state index in [-0.39, 0.29) is 22.3 Å². The van der Waals surface area contributed by atoms with Gasteiger partial charge in [0.25, 0.3) is 0 Å². The first-order valence-corrected chi connectivity index (χ1v) is 9.47. The van der Waals surface area contributed by atoms with E-state index in [1.807, 2.05) is 0 Å². The second-order valence-corrected chi connectivity index (χ2v) is 7.68. The molecular formula is C17H16ClNO6S. The normalized spacial score (nSPS) is 14.1. The van der Waals surface area contributed by atoms with Gasteiger partial charge >= 0.3 is 5.97 Å². The molecule has 0 aromatic heterocycles. The number of rotatable bonds is 5. The van der Waals surface area contributed by atoms with Gasteiger partial charge < -0.3 is 14.2 Å². The third kappa shape index (κ3) is 3.62. The van der Waals surface area contributed by atoms with Gasteiger partial charge in [-0.25, -0.2) is 17.9 Å². The number of methoxy groups -OCH3 is 1. The molecule has 26 heavy (non-hydrogen) atoms. The molecule has 1 aliphatic rings. The smallest absolute Gasteiger partial charge is 0.337 e. The minimum Gasteiger partial charge on any atom is -0.465 e. The first-order valence-electron chi connectivity index (χ1n) is 7.61. The van der Waals surface area contributed by atoms with Crippen molar-refractivity contribution in [2.75, 3.05) is 13.9 Å². The van der Waals surface area contributed by atoms with Crippen molar-refractivity contribution in [2.24, 2.45) is 0 Å². The summed E-state index contributed by atoms with van der Waals surface area (Å²) in [5.41, 5.74) is 0.783. The lowest BCUT2D eigenvalue weighted by atomic mass is 10.1. The van der Waals surface area contributed by atoms with Crippen molar-refractivity contribution < 1.29 is 27.4 Å². The Morgan fingerprint density at radius 3 is 2.65 bits per heavy atom. The van der Waals surface area contributed by atoms with Crippen LogP contribution >= 0.6 is 11.6 Å². The molecule has 1 atom stereocenters. The van der Waals surface area contributed by atoms with Crippen LogP contribution in [0.3, 0.4) is 0 Å². The maximum absolute atomic E-state index is 12.7. The van der Waals surface area contributed by atoms with Crippen LogP contribution in [0.1, 0.15) is 28.9 Å². The summed E-state index contributed by atoms with van der Waals surface area (Å²) < 4.78 is 43.2. The van der Waals surface area contributed by atoms with E-state index in [2.05, 4.69) is 9.46 Å². The zero-order valence-electron chi connectivity index (χ0n) is 14.0. The molecule has 1 N–H and O–H groups in total. The molecule has 0 spiro atoms. The van der Waals surface area contributed by atoms with Gasteiger partial charge in [-0.15, -0.1) is 0 Å². The van der Waals surface area contributed by atoms with Crippen LogP contribution in [0, 0.1) is 0 Å². The first-order chi connectivity index (χ1) is 12.3. The number of fused-ring (bicyclic) bond motifs is 1. The number of carbonyl (C=O) groups is 1. The zero-order chi connectivity index (χ0) is 18.9. The first kappa shape index (κ1) is 18.5. The van der Waals surface area contributed by atoms with E-state index < -0.39 is 22.0 Å². The van der Waals surface area contributed by atoms with Gasteiger partial charge in [0.1, 0.15) is 4.90 Å². The molecule has 0 radical (unpaired) electrons. The summed E-state index contributed by atoms with van der Waals surface area (Å²) in [4.78, 5) is 11.5. The van der Waals surface area contributed by atoms with Crippen LogP contribution in [0.2, 0.25) is 5.02 Å². The molecule has 1 unspecified atom stereocenters. The highest BCUT2D eigenvalue weighted by Gasteiger charge is 2.24. The Balaban J connectivity index is 1.88. The second kappa shape index (κ2) is 7.14. The van der Waals surface area contributed by atoms with Gasteiger partial charge in [0.15, 0.2) is 11.5 Å². The van der Waals surface area contributed by atoms with Gasteiger partial charge in [0.05, 0.1) is 17.7 Å². The van der Waals surface area contributed by atoms with Crippen molar-refractivity contribution in [1.29, 1.82) is 0 Å². The summed E-state index contributed by atoms with van der Waals surface area (Å²) in [6.45, 7) is 1.82. The van der Waals surface area contributed by atoms with Crippen LogP contribution in [-0.2, 0) is 14.8 Å². The molecule has 0 aliphatic carbocycles. The van der Waals surface area contributed by atoms with Gasteiger partial charge in [0.2, 0.25) is 16.8 Å². The fourth-order valence-corrected chi connectivity index (χ4v) is 4.26. The Morgan fingerprint density at radius 1 is 1.19 bits per heavy atom. The fourth-order valence-electron chi connectivity index (χ4n) is 2.50. The zero-order valence-corrected chi connectivity index (χ0v) is 15.6. The maximum Gasteiger partial charge on any atom is 0.337 e. The molecule has 0 fully saturated rings. The van der Waals surface area contributed by atoms with Crippen molar-refractivity contribution in [3.05, 3.63) is 52.5 Å². The largest absolute Gasteiger partial charge is 0.465 e. The van der Waals surface area contributed by atoms with E-state index in [0.29, 0.717) is 17.1 Å². The van der Waals surface area contributed by atoms with Crippen molar-refractivity contribution >= 4 is 27.6 Å². The van der Waals surface area contributed by atoms with Crippen molar-refractivity contribution in [3.8, 4) is 11.5 Å². The third-order valence-electron chi connectivity index (χ3n) is 3.87. The van der Waals surface area contributed by atoms with Gasteiger partial charge in [-0.1, -0.05) is 17.7 Å². The number of sulfonamides is 1. The van der Waals surface area contributed by atoms with Crippen molar-refractivity contribution in [2.45, 2.75) is 17.9 Å². The SMILES string of the molecule is COC(=O)c1ccc(Cl)c(S(=O)(=O)NC(C)c2ccc3c(c2)OCO3)c1. The average Bonchev–Trinajstić information content (AvgIpc) is 3.08. The topological polar surface area (TPSA) is 90.9 Å². The highest BCUT2D eigenvalue weighted by molar-refractivity contribution is 7.89. The lowest BCUT2D eigenvalue weighted by Crippen LogP contribution is -2.27. The van der Waals surface area contributed by atoms with Crippen molar-refractivity contribution in [1.82, 2.24) is 4.72 Å². The molecule has 138 valence electrons. The molecule has 1 heterocycles. The number of nitrogens with one attached hydrogen (secondary N) is 1. The highest BCUT2D eigenvalue weighted by atomic mass is 35.5. The number of hydrogen-bond donors (Lipinski definition) is 1. The van der Waals surface area contributed by atoms with E-state index in [1.165, 1.54) is 25.3 Å². The Labute approximate surface area is 155 Å². The molecule has 3 rings (SSSR count). The van der Waals surface area contributed by atoms with Crippen molar-refractivity contribution in [3.63, 3.8) is 0 Å². The number of ether oxygens (including phenoxy) is 3. The molecule has 0 bridgehead atoms. The summed E-state index contributed by atoms with van der Waals surface area (Å²) in [6.07, 6.45) is 0. The Morgan fingerprint density at radius 2 is 1.92 bits per heavy atom. The van der Waals surface area contributed by atoms with Crippen LogP contribution in [0.15, 0.2) is 41.3 Å². The molecule has 7 nitrogen and oxygen atoms in total. The van der Waals surface area contributed by atoms with Gasteiger partial charge in [0, 0.05) is 6.04 Å². The average molecular weight is 398 g/mol. The summed E-state index contributed by atoms with van der Waals surface area (Å²) in [5.74, 6) is 0.513. The minimum absolute atomic E-state index is 0.00281. The van der Waals surface area contributed by atoms with Gasteiger partial charge in [-0.2, -0.15) is 0 Å². The number of esters is 1. The Kier molecular flexibility index (Phi) is 5.08. The highest BCUT2D eigenvalue weighted by Crippen LogP contribution is 2.34. The quantitative estimate of drug-likeness (QED) is 0.780. The molecule has 0 saturated carbocycles. The van der Waals surface area contributed by atoms with E-state index in [9.17, 15) is 13.2 Å². The number of benzene rings is 2. The minimum atomic E-state index is -3.98. The summed E-state index contributed by atoms with van der Waals surface area (Å²) in [5, 5.41) is 0.00281. The van der Waals surface area contributed by atoms with E-state index in [0.717, 1.165) is 0 Å². The Hall–Kier alpha value is -2.29. The summed E-state index contributed by atoms with van der Waals surface area (Å²) >= 11 is 6.03. The maximum atomic E-state index is 12.7. The number of halogens is 1. The predicted octanol–water partition coefficient (Wildman–Crippen LogP) is 2.89. The Bertz CT molecular complexity index is 960. The fraction of sp³-hybridized carbons (Fsp3) is 0.235. The molecule has 9 heteroatoms. The molecule has 0 saturated heterocycles. The van der Waals surface area contributed by atoms with Crippen LogP contribution in [0.5, 0.6) is 11.5 Å². The van der Waals surface area contributed by atoms with Gasteiger partial charge in [-0.05, 0) is 42.8 Å². The predicted molar refractivity (Wildman–Crippen MR) is 94.1 cm³/mol. The van der Waals surface area contributed by atoms with Crippen LogP contribution in [-0.4, -0.2) is 28.3 Å².